The van der Waals surface area contributed by atoms with Crippen molar-refractivity contribution in [3.05, 3.63) is 64.6 Å². The third-order valence-electron chi connectivity index (χ3n) is 3.69. The number of hydrogen-bond donors (Lipinski definition) is 1. The first-order valence-corrected chi connectivity index (χ1v) is 7.87. The Bertz CT molecular complexity index is 725. The quantitative estimate of drug-likeness (QED) is 0.882. The Morgan fingerprint density at radius 3 is 2.46 bits per heavy atom. The second kappa shape index (κ2) is 8.31. The minimum Gasteiger partial charge on any atom is -0.319 e. The van der Waals surface area contributed by atoms with E-state index in [0.717, 1.165) is 12.1 Å². The van der Waals surface area contributed by atoms with Crippen molar-refractivity contribution in [2.45, 2.75) is 6.54 Å². The van der Waals surface area contributed by atoms with E-state index in [-0.39, 0.29) is 17.3 Å². The van der Waals surface area contributed by atoms with Crippen LogP contribution in [0.25, 0.3) is 0 Å². The minimum atomic E-state index is -0.274. The lowest BCUT2D eigenvalue weighted by molar-refractivity contribution is 0.202. The molecule has 1 aromatic heterocycles. The van der Waals surface area contributed by atoms with Crippen molar-refractivity contribution in [2.24, 2.45) is 7.05 Å². The van der Waals surface area contributed by atoms with E-state index in [1.54, 1.807) is 30.3 Å². The molecule has 6 heteroatoms. The smallest absolute Gasteiger partial charge is 0.319 e. The third kappa shape index (κ3) is 4.96. The number of pyridine rings is 1. The van der Waals surface area contributed by atoms with Crippen molar-refractivity contribution < 1.29 is 4.79 Å². The molecule has 0 aliphatic heterocycles. The van der Waals surface area contributed by atoms with Gasteiger partial charge in [-0.2, -0.15) is 0 Å². The van der Waals surface area contributed by atoms with Crippen LogP contribution in [-0.4, -0.2) is 47.6 Å². The fourth-order valence-electron chi connectivity index (χ4n) is 2.26. The third-order valence-corrected chi connectivity index (χ3v) is 3.69. The summed E-state index contributed by atoms with van der Waals surface area (Å²) in [6.45, 7) is 1.81. The second-order valence-corrected chi connectivity index (χ2v) is 5.98. The molecule has 6 nitrogen and oxygen atoms in total. The maximum atomic E-state index is 12.6. The highest BCUT2D eigenvalue weighted by atomic mass is 16.2. The fourth-order valence-corrected chi connectivity index (χ4v) is 2.26. The van der Waals surface area contributed by atoms with Gasteiger partial charge >= 0.3 is 6.03 Å². The number of carbonyl (C=O) groups is 1. The Morgan fingerprint density at radius 1 is 1.08 bits per heavy atom. The number of nitrogens with one attached hydrogen (secondary N) is 1. The van der Waals surface area contributed by atoms with E-state index in [1.807, 2.05) is 49.3 Å². The number of anilines is 1. The normalized spacial score (nSPS) is 10.7. The molecule has 1 N–H and O–H groups in total. The Labute approximate surface area is 142 Å². The molecular weight excluding hydrogens is 304 g/mol. The van der Waals surface area contributed by atoms with Gasteiger partial charge in [0, 0.05) is 32.9 Å². The summed E-state index contributed by atoms with van der Waals surface area (Å²) in [5, 5.41) is 2.73. The number of carbonyl (C=O) groups excluding carboxylic acids is 1. The largest absolute Gasteiger partial charge is 0.322 e. The lowest BCUT2D eigenvalue weighted by Gasteiger charge is -2.24. The lowest BCUT2D eigenvalue weighted by atomic mass is 10.2. The van der Waals surface area contributed by atoms with Gasteiger partial charge in [-0.25, -0.2) is 4.79 Å². The summed E-state index contributed by atoms with van der Waals surface area (Å²) in [4.78, 5) is 28.4. The number of amides is 2. The van der Waals surface area contributed by atoms with Crippen molar-refractivity contribution in [3.8, 4) is 0 Å². The maximum absolute atomic E-state index is 12.6. The highest BCUT2D eigenvalue weighted by Gasteiger charge is 2.16. The van der Waals surface area contributed by atoms with Gasteiger partial charge in [-0.1, -0.05) is 30.3 Å². The van der Waals surface area contributed by atoms with E-state index in [2.05, 4.69) is 5.32 Å². The number of aromatic nitrogens is 1. The van der Waals surface area contributed by atoms with Crippen LogP contribution >= 0.6 is 0 Å². The van der Waals surface area contributed by atoms with E-state index >= 15 is 0 Å². The number of likely N-dealkylation sites (N-methyl/N-ethyl adjacent to an activating group) is 1. The van der Waals surface area contributed by atoms with Gasteiger partial charge < -0.3 is 19.7 Å². The average molecular weight is 328 g/mol. The summed E-state index contributed by atoms with van der Waals surface area (Å²) in [6.07, 6.45) is 1.66. The average Bonchev–Trinajstić information content (AvgIpc) is 2.56. The van der Waals surface area contributed by atoms with Gasteiger partial charge in [-0.15, -0.1) is 0 Å². The number of rotatable bonds is 6. The van der Waals surface area contributed by atoms with Gasteiger partial charge in [0.05, 0.1) is 0 Å². The van der Waals surface area contributed by atoms with Crippen LogP contribution in [0.1, 0.15) is 5.56 Å². The highest BCUT2D eigenvalue weighted by molar-refractivity contribution is 5.89. The van der Waals surface area contributed by atoms with Gasteiger partial charge in [0.25, 0.3) is 5.56 Å². The molecular formula is C18H24N4O2. The van der Waals surface area contributed by atoms with E-state index in [0.29, 0.717) is 13.1 Å². The zero-order valence-corrected chi connectivity index (χ0v) is 14.4. The molecule has 0 aliphatic carbocycles. The van der Waals surface area contributed by atoms with Crippen LogP contribution in [0.3, 0.4) is 0 Å². The molecule has 1 heterocycles. The van der Waals surface area contributed by atoms with Crippen LogP contribution < -0.4 is 10.9 Å². The van der Waals surface area contributed by atoms with Crippen molar-refractivity contribution >= 4 is 11.7 Å². The minimum absolute atomic E-state index is 0.224. The molecule has 2 aromatic rings. The zero-order valence-electron chi connectivity index (χ0n) is 14.4. The summed E-state index contributed by atoms with van der Waals surface area (Å²) >= 11 is 0. The number of nitrogens with zero attached hydrogens (tertiary/aromatic N) is 3. The standard InChI is InChI=1S/C18H24N4O2/c1-20(2)12-13-22(14-15-8-5-4-6-9-15)18(24)19-16-10-7-11-21(3)17(16)23/h4-11H,12-14H2,1-3H3,(H,19,24). The molecule has 0 spiro atoms. The monoisotopic (exact) mass is 328 g/mol. The number of aryl methyl sites for hydroxylation is 1. The van der Waals surface area contributed by atoms with E-state index in [1.165, 1.54) is 4.57 Å². The summed E-state index contributed by atoms with van der Waals surface area (Å²) in [5.74, 6) is 0. The van der Waals surface area contributed by atoms with Crippen LogP contribution in [0, 0.1) is 0 Å². The molecule has 2 amide bonds. The number of hydrogen-bond acceptors (Lipinski definition) is 3. The Kier molecular flexibility index (Phi) is 6.14. The molecule has 0 atom stereocenters. The number of urea groups is 1. The van der Waals surface area contributed by atoms with Crippen LogP contribution in [0.2, 0.25) is 0 Å². The zero-order chi connectivity index (χ0) is 17.5. The maximum Gasteiger partial charge on any atom is 0.322 e. The molecule has 0 saturated carbocycles. The van der Waals surface area contributed by atoms with Crippen molar-refractivity contribution in [3.63, 3.8) is 0 Å². The van der Waals surface area contributed by atoms with Crippen LogP contribution in [-0.2, 0) is 13.6 Å². The first-order chi connectivity index (χ1) is 11.5. The Balaban J connectivity index is 2.14. The number of benzene rings is 1. The van der Waals surface area contributed by atoms with Gasteiger partial charge in [0.2, 0.25) is 0 Å². The van der Waals surface area contributed by atoms with Crippen molar-refractivity contribution in [2.75, 3.05) is 32.5 Å². The highest BCUT2D eigenvalue weighted by Crippen LogP contribution is 2.07. The Hall–Kier alpha value is -2.60. The van der Waals surface area contributed by atoms with Crippen molar-refractivity contribution in [1.29, 1.82) is 0 Å². The molecule has 24 heavy (non-hydrogen) atoms. The van der Waals surface area contributed by atoms with Crippen LogP contribution in [0.15, 0.2) is 53.5 Å². The predicted molar refractivity (Wildman–Crippen MR) is 96.1 cm³/mol. The SMILES string of the molecule is CN(C)CCN(Cc1ccccc1)C(=O)Nc1cccn(C)c1=O. The fraction of sp³-hybridized carbons (Fsp3) is 0.333. The first-order valence-electron chi connectivity index (χ1n) is 7.87. The van der Waals surface area contributed by atoms with Crippen LogP contribution in [0.4, 0.5) is 10.5 Å². The summed E-state index contributed by atoms with van der Waals surface area (Å²) in [5.41, 5.74) is 1.11. The van der Waals surface area contributed by atoms with E-state index in [4.69, 9.17) is 0 Å². The molecule has 0 radical (unpaired) electrons. The molecule has 0 fully saturated rings. The second-order valence-electron chi connectivity index (χ2n) is 5.98. The first kappa shape index (κ1) is 17.7. The summed E-state index contributed by atoms with van der Waals surface area (Å²) in [6, 6.07) is 12.9. The summed E-state index contributed by atoms with van der Waals surface area (Å²) < 4.78 is 1.44. The topological polar surface area (TPSA) is 57.6 Å². The summed E-state index contributed by atoms with van der Waals surface area (Å²) in [7, 11) is 5.59. The molecule has 128 valence electrons. The Morgan fingerprint density at radius 2 is 1.79 bits per heavy atom. The van der Waals surface area contributed by atoms with E-state index in [9.17, 15) is 9.59 Å². The molecule has 0 saturated heterocycles. The molecule has 2 rings (SSSR count). The van der Waals surface area contributed by atoms with Gasteiger partial charge in [-0.3, -0.25) is 4.79 Å². The predicted octanol–water partition coefficient (Wildman–Crippen LogP) is 1.98. The van der Waals surface area contributed by atoms with E-state index < -0.39 is 0 Å². The molecule has 0 aliphatic rings. The van der Waals surface area contributed by atoms with Crippen molar-refractivity contribution in [1.82, 2.24) is 14.4 Å². The van der Waals surface area contributed by atoms with Gasteiger partial charge in [0.15, 0.2) is 0 Å². The molecule has 0 unspecified atom stereocenters. The molecule has 1 aromatic carbocycles. The van der Waals surface area contributed by atoms with Crippen LogP contribution in [0.5, 0.6) is 0 Å². The van der Waals surface area contributed by atoms with Gasteiger partial charge in [0.1, 0.15) is 5.69 Å². The lowest BCUT2D eigenvalue weighted by Crippen LogP contribution is -2.40. The van der Waals surface area contributed by atoms with Gasteiger partial charge in [-0.05, 0) is 31.8 Å². The molecule has 0 bridgehead atoms.